The van der Waals surface area contributed by atoms with Crippen molar-refractivity contribution in [3.63, 3.8) is 0 Å². The second-order valence-corrected chi connectivity index (χ2v) is 4.64. The maximum absolute atomic E-state index is 12.1. The van der Waals surface area contributed by atoms with Crippen molar-refractivity contribution in [3.8, 4) is 11.5 Å². The van der Waals surface area contributed by atoms with Gasteiger partial charge in [-0.05, 0) is 35.0 Å². The maximum Gasteiger partial charge on any atom is 0.347 e. The average Bonchev–Trinajstić information content (AvgIpc) is 2.50. The van der Waals surface area contributed by atoms with Crippen molar-refractivity contribution in [1.82, 2.24) is 0 Å². The molecule has 21 heavy (non-hydrogen) atoms. The van der Waals surface area contributed by atoms with E-state index in [-0.39, 0.29) is 17.0 Å². The molecular formula is C17H13NO3. The van der Waals surface area contributed by atoms with Gasteiger partial charge in [-0.3, -0.25) is 0 Å². The van der Waals surface area contributed by atoms with Gasteiger partial charge in [-0.1, -0.05) is 36.4 Å². The van der Waals surface area contributed by atoms with Gasteiger partial charge in [-0.15, -0.1) is 0 Å². The van der Waals surface area contributed by atoms with Crippen molar-refractivity contribution in [2.75, 3.05) is 5.73 Å². The zero-order valence-electron chi connectivity index (χ0n) is 11.1. The number of ether oxygens (including phenoxy) is 1. The lowest BCUT2D eigenvalue weighted by molar-refractivity contribution is 0.0732. The fourth-order valence-corrected chi connectivity index (χ4v) is 2.12. The molecule has 0 unspecified atom stereocenters. The number of phenolic OH excluding ortho intramolecular Hbond substituents is 1. The first-order valence-electron chi connectivity index (χ1n) is 6.43. The molecule has 0 spiro atoms. The van der Waals surface area contributed by atoms with Crippen LogP contribution in [0.2, 0.25) is 0 Å². The Labute approximate surface area is 121 Å². The molecule has 0 saturated carbocycles. The van der Waals surface area contributed by atoms with Crippen LogP contribution in [0.3, 0.4) is 0 Å². The van der Waals surface area contributed by atoms with Crippen molar-refractivity contribution in [2.24, 2.45) is 0 Å². The van der Waals surface area contributed by atoms with E-state index in [2.05, 4.69) is 0 Å². The molecule has 3 aromatic rings. The van der Waals surface area contributed by atoms with E-state index in [1.165, 1.54) is 12.1 Å². The Balaban J connectivity index is 1.91. The fourth-order valence-electron chi connectivity index (χ4n) is 2.12. The predicted molar refractivity (Wildman–Crippen MR) is 81.4 cm³/mol. The number of rotatable bonds is 2. The van der Waals surface area contributed by atoms with E-state index in [9.17, 15) is 9.90 Å². The lowest BCUT2D eigenvalue weighted by atomic mass is 10.1. The molecule has 0 aliphatic carbocycles. The highest BCUT2D eigenvalue weighted by atomic mass is 16.5. The molecule has 3 N–H and O–H groups in total. The third kappa shape index (κ3) is 2.51. The molecule has 0 fully saturated rings. The Morgan fingerprint density at radius 2 is 1.71 bits per heavy atom. The van der Waals surface area contributed by atoms with Gasteiger partial charge in [-0.25, -0.2) is 4.79 Å². The van der Waals surface area contributed by atoms with Crippen molar-refractivity contribution in [1.29, 1.82) is 0 Å². The maximum atomic E-state index is 12.1. The summed E-state index contributed by atoms with van der Waals surface area (Å²) in [5, 5.41) is 11.8. The number of para-hydroxylation sites is 1. The summed E-state index contributed by atoms with van der Waals surface area (Å²) < 4.78 is 5.29. The van der Waals surface area contributed by atoms with Crippen LogP contribution in [0.25, 0.3) is 10.8 Å². The van der Waals surface area contributed by atoms with E-state index in [4.69, 9.17) is 10.5 Å². The van der Waals surface area contributed by atoms with Gasteiger partial charge in [0.05, 0.1) is 5.69 Å². The SMILES string of the molecule is Nc1cccc(C(=O)Oc2ccc3ccccc3c2)c1O. The van der Waals surface area contributed by atoms with Gasteiger partial charge >= 0.3 is 5.97 Å². The van der Waals surface area contributed by atoms with Crippen molar-refractivity contribution < 1.29 is 14.6 Å². The summed E-state index contributed by atoms with van der Waals surface area (Å²) in [5.74, 6) is -0.487. The normalized spacial score (nSPS) is 10.5. The third-order valence-electron chi connectivity index (χ3n) is 3.22. The van der Waals surface area contributed by atoms with E-state index in [0.717, 1.165) is 10.8 Å². The summed E-state index contributed by atoms with van der Waals surface area (Å²) in [6.45, 7) is 0. The third-order valence-corrected chi connectivity index (χ3v) is 3.22. The van der Waals surface area contributed by atoms with Crippen LogP contribution >= 0.6 is 0 Å². The molecule has 0 aliphatic heterocycles. The average molecular weight is 279 g/mol. The lowest BCUT2D eigenvalue weighted by Crippen LogP contribution is -2.09. The molecule has 0 heterocycles. The first-order valence-corrected chi connectivity index (χ1v) is 6.43. The van der Waals surface area contributed by atoms with Crippen LogP contribution in [0.15, 0.2) is 60.7 Å². The topological polar surface area (TPSA) is 72.6 Å². The van der Waals surface area contributed by atoms with E-state index < -0.39 is 5.97 Å². The summed E-state index contributed by atoms with van der Waals surface area (Å²) in [5.41, 5.74) is 5.75. The quantitative estimate of drug-likeness (QED) is 0.326. The highest BCUT2D eigenvalue weighted by molar-refractivity contribution is 5.96. The number of hydrogen-bond donors (Lipinski definition) is 2. The van der Waals surface area contributed by atoms with E-state index in [0.29, 0.717) is 5.75 Å². The molecule has 3 rings (SSSR count). The fraction of sp³-hybridized carbons (Fsp3) is 0. The van der Waals surface area contributed by atoms with Gasteiger partial charge in [0.15, 0.2) is 5.75 Å². The van der Waals surface area contributed by atoms with Crippen LogP contribution in [0.5, 0.6) is 11.5 Å². The van der Waals surface area contributed by atoms with Crippen LogP contribution in [0.4, 0.5) is 5.69 Å². The second-order valence-electron chi connectivity index (χ2n) is 4.64. The molecule has 0 amide bonds. The van der Waals surface area contributed by atoms with Gasteiger partial charge in [0.25, 0.3) is 0 Å². The number of esters is 1. The summed E-state index contributed by atoms with van der Waals surface area (Å²) in [6.07, 6.45) is 0. The van der Waals surface area contributed by atoms with Crippen LogP contribution in [-0.4, -0.2) is 11.1 Å². The first-order chi connectivity index (χ1) is 10.1. The number of anilines is 1. The Bertz CT molecular complexity index is 827. The van der Waals surface area contributed by atoms with Crippen LogP contribution in [-0.2, 0) is 0 Å². The van der Waals surface area contributed by atoms with Gasteiger partial charge in [-0.2, -0.15) is 0 Å². The first kappa shape index (κ1) is 13.0. The lowest BCUT2D eigenvalue weighted by Gasteiger charge is -2.08. The second kappa shape index (κ2) is 5.17. The highest BCUT2D eigenvalue weighted by Crippen LogP contribution is 2.27. The Morgan fingerprint density at radius 1 is 0.952 bits per heavy atom. The van der Waals surface area contributed by atoms with Crippen LogP contribution in [0.1, 0.15) is 10.4 Å². The molecule has 4 heteroatoms. The number of benzene rings is 3. The number of hydrogen-bond acceptors (Lipinski definition) is 4. The van der Waals surface area contributed by atoms with Crippen LogP contribution < -0.4 is 10.5 Å². The minimum absolute atomic E-state index is 0.0446. The van der Waals surface area contributed by atoms with Gasteiger partial charge in [0.2, 0.25) is 0 Å². The molecule has 104 valence electrons. The van der Waals surface area contributed by atoms with E-state index in [1.54, 1.807) is 18.2 Å². The molecule has 0 atom stereocenters. The standard InChI is InChI=1S/C17H13NO3/c18-15-7-3-6-14(16(15)19)17(20)21-13-9-8-11-4-1-2-5-12(11)10-13/h1-10,19H,18H2. The number of carbonyl (C=O) groups is 1. The number of nitrogen functional groups attached to an aromatic ring is 1. The monoisotopic (exact) mass is 279 g/mol. The molecule has 3 aromatic carbocycles. The number of fused-ring (bicyclic) bond motifs is 1. The molecule has 0 radical (unpaired) electrons. The number of phenols is 1. The van der Waals surface area contributed by atoms with Crippen molar-refractivity contribution in [2.45, 2.75) is 0 Å². The summed E-state index contributed by atoms with van der Waals surface area (Å²) in [6, 6.07) is 17.7. The van der Waals surface area contributed by atoms with Gasteiger partial charge < -0.3 is 15.6 Å². The summed E-state index contributed by atoms with van der Waals surface area (Å²) >= 11 is 0. The van der Waals surface area contributed by atoms with Gasteiger partial charge in [0.1, 0.15) is 11.3 Å². The number of aromatic hydroxyl groups is 1. The molecule has 0 aromatic heterocycles. The zero-order valence-corrected chi connectivity index (χ0v) is 11.1. The summed E-state index contributed by atoms with van der Waals surface area (Å²) in [7, 11) is 0. The van der Waals surface area contributed by atoms with E-state index >= 15 is 0 Å². The minimum atomic E-state index is -0.643. The predicted octanol–water partition coefficient (Wildman–Crippen LogP) is 3.35. The molecule has 4 nitrogen and oxygen atoms in total. The number of nitrogens with two attached hydrogens (primary N) is 1. The molecule has 0 saturated heterocycles. The molecule has 0 aliphatic rings. The Hall–Kier alpha value is -3.01. The zero-order chi connectivity index (χ0) is 14.8. The largest absolute Gasteiger partial charge is 0.505 e. The molecule has 0 bridgehead atoms. The van der Waals surface area contributed by atoms with Crippen molar-refractivity contribution >= 4 is 22.4 Å². The van der Waals surface area contributed by atoms with Crippen LogP contribution in [0, 0.1) is 0 Å². The Kier molecular flexibility index (Phi) is 3.20. The highest BCUT2D eigenvalue weighted by Gasteiger charge is 2.15. The smallest absolute Gasteiger partial charge is 0.347 e. The Morgan fingerprint density at radius 3 is 2.52 bits per heavy atom. The number of carbonyl (C=O) groups excluding carboxylic acids is 1. The molecular weight excluding hydrogens is 266 g/mol. The minimum Gasteiger partial charge on any atom is -0.505 e. The van der Waals surface area contributed by atoms with Gasteiger partial charge in [0, 0.05) is 0 Å². The van der Waals surface area contributed by atoms with E-state index in [1.807, 2.05) is 30.3 Å². The van der Waals surface area contributed by atoms with Crippen molar-refractivity contribution in [3.05, 3.63) is 66.2 Å². The summed E-state index contributed by atoms with van der Waals surface area (Å²) in [4.78, 5) is 12.1.